The lowest BCUT2D eigenvalue weighted by atomic mass is 10.1. The van der Waals surface area contributed by atoms with Crippen LogP contribution in [0.1, 0.15) is 37.3 Å². The number of nitrogens with zero attached hydrogens (tertiary/aromatic N) is 1. The summed E-state index contributed by atoms with van der Waals surface area (Å²) in [4.78, 5) is 4.42. The van der Waals surface area contributed by atoms with Gasteiger partial charge in [0.05, 0.1) is 12.7 Å². The molecular weight excluding hydrogens is 336 g/mol. The Balaban J connectivity index is 1.29. The van der Waals surface area contributed by atoms with E-state index in [-0.39, 0.29) is 6.10 Å². The summed E-state index contributed by atoms with van der Waals surface area (Å²) in [6, 6.07) is 16.2. The highest BCUT2D eigenvalue weighted by atomic mass is 16.5. The SMILES string of the molecule is CC(CCCOc1ccc2c(c1)CCC2)Oc1cccc2ccc(N)nc12. The van der Waals surface area contributed by atoms with E-state index in [1.165, 1.54) is 30.4 Å². The van der Waals surface area contributed by atoms with Gasteiger partial charge in [0, 0.05) is 5.39 Å². The van der Waals surface area contributed by atoms with Crippen LogP contribution in [0.2, 0.25) is 0 Å². The van der Waals surface area contributed by atoms with Gasteiger partial charge in [0.25, 0.3) is 0 Å². The van der Waals surface area contributed by atoms with E-state index in [0.29, 0.717) is 12.4 Å². The molecule has 0 radical (unpaired) electrons. The molecule has 2 N–H and O–H groups in total. The Hall–Kier alpha value is -2.75. The second kappa shape index (κ2) is 7.87. The van der Waals surface area contributed by atoms with Crippen molar-refractivity contribution in [3.05, 3.63) is 59.7 Å². The van der Waals surface area contributed by atoms with Gasteiger partial charge in [-0.15, -0.1) is 0 Å². The van der Waals surface area contributed by atoms with Crippen molar-refractivity contribution >= 4 is 16.7 Å². The standard InChI is InChI=1S/C23H26N2O2/c1-16(27-21-9-3-7-18-11-13-22(24)25-23(18)21)5-4-14-26-20-12-10-17-6-2-8-19(17)15-20/h3,7,9-13,15-16H,2,4-6,8,14H2,1H3,(H2,24,25). The average molecular weight is 362 g/mol. The van der Waals surface area contributed by atoms with Gasteiger partial charge >= 0.3 is 0 Å². The average Bonchev–Trinajstić information content (AvgIpc) is 3.13. The van der Waals surface area contributed by atoms with Gasteiger partial charge in [-0.05, 0) is 80.5 Å². The molecule has 3 aromatic rings. The van der Waals surface area contributed by atoms with Gasteiger partial charge in [-0.25, -0.2) is 4.98 Å². The van der Waals surface area contributed by atoms with Crippen LogP contribution in [0.25, 0.3) is 10.9 Å². The largest absolute Gasteiger partial charge is 0.494 e. The first-order valence-electron chi connectivity index (χ1n) is 9.75. The summed E-state index contributed by atoms with van der Waals surface area (Å²) in [7, 11) is 0. The zero-order valence-corrected chi connectivity index (χ0v) is 15.8. The molecule has 1 aliphatic carbocycles. The van der Waals surface area contributed by atoms with Crippen molar-refractivity contribution in [2.75, 3.05) is 12.3 Å². The van der Waals surface area contributed by atoms with Crippen molar-refractivity contribution in [3.63, 3.8) is 0 Å². The molecule has 140 valence electrons. The van der Waals surface area contributed by atoms with Gasteiger partial charge in [0.2, 0.25) is 0 Å². The molecule has 0 saturated carbocycles. The Kier molecular flexibility index (Phi) is 5.14. The van der Waals surface area contributed by atoms with Gasteiger partial charge in [-0.1, -0.05) is 18.2 Å². The number of nitrogen functional groups attached to an aromatic ring is 1. The highest BCUT2D eigenvalue weighted by Crippen LogP contribution is 2.27. The predicted octanol–water partition coefficient (Wildman–Crippen LogP) is 4.93. The van der Waals surface area contributed by atoms with E-state index < -0.39 is 0 Å². The quantitative estimate of drug-likeness (QED) is 0.605. The number of hydrogen-bond acceptors (Lipinski definition) is 4. The number of pyridine rings is 1. The molecule has 1 heterocycles. The number of rotatable bonds is 7. The maximum atomic E-state index is 6.12. The summed E-state index contributed by atoms with van der Waals surface area (Å²) < 4.78 is 12.1. The Bertz CT molecular complexity index is 939. The lowest BCUT2D eigenvalue weighted by Gasteiger charge is -2.16. The molecule has 1 atom stereocenters. The summed E-state index contributed by atoms with van der Waals surface area (Å²) in [6.45, 7) is 2.79. The molecule has 1 aliphatic rings. The molecule has 4 rings (SSSR count). The molecule has 0 spiro atoms. The van der Waals surface area contributed by atoms with Crippen LogP contribution < -0.4 is 15.2 Å². The minimum Gasteiger partial charge on any atom is -0.494 e. The van der Waals surface area contributed by atoms with E-state index in [1.807, 2.05) is 30.3 Å². The highest BCUT2D eigenvalue weighted by Gasteiger charge is 2.12. The second-order valence-corrected chi connectivity index (χ2v) is 7.27. The van der Waals surface area contributed by atoms with Crippen molar-refractivity contribution in [1.82, 2.24) is 4.98 Å². The zero-order valence-electron chi connectivity index (χ0n) is 15.8. The van der Waals surface area contributed by atoms with Crippen LogP contribution in [0.5, 0.6) is 11.5 Å². The summed E-state index contributed by atoms with van der Waals surface area (Å²) in [5, 5.41) is 1.04. The van der Waals surface area contributed by atoms with E-state index in [2.05, 4.69) is 30.1 Å². The number of fused-ring (bicyclic) bond motifs is 2. The van der Waals surface area contributed by atoms with E-state index >= 15 is 0 Å². The van der Waals surface area contributed by atoms with Crippen molar-refractivity contribution in [1.29, 1.82) is 0 Å². The van der Waals surface area contributed by atoms with Gasteiger partial charge in [0.1, 0.15) is 22.8 Å². The number of hydrogen-bond donors (Lipinski definition) is 1. The summed E-state index contributed by atoms with van der Waals surface area (Å²) in [6.07, 6.45) is 5.60. The Morgan fingerprint density at radius 2 is 1.96 bits per heavy atom. The number of aryl methyl sites for hydroxylation is 2. The maximum absolute atomic E-state index is 6.12. The van der Waals surface area contributed by atoms with E-state index in [9.17, 15) is 0 Å². The van der Waals surface area contributed by atoms with E-state index in [4.69, 9.17) is 15.2 Å². The van der Waals surface area contributed by atoms with Crippen LogP contribution in [-0.2, 0) is 12.8 Å². The molecule has 0 aliphatic heterocycles. The summed E-state index contributed by atoms with van der Waals surface area (Å²) >= 11 is 0. The van der Waals surface area contributed by atoms with Gasteiger partial charge in [-0.3, -0.25) is 0 Å². The maximum Gasteiger partial charge on any atom is 0.146 e. The van der Waals surface area contributed by atoms with Gasteiger partial charge in [-0.2, -0.15) is 0 Å². The van der Waals surface area contributed by atoms with Crippen LogP contribution in [-0.4, -0.2) is 17.7 Å². The van der Waals surface area contributed by atoms with Crippen molar-refractivity contribution in [2.24, 2.45) is 0 Å². The number of ether oxygens (including phenoxy) is 2. The molecule has 1 unspecified atom stereocenters. The molecule has 4 nitrogen and oxygen atoms in total. The summed E-state index contributed by atoms with van der Waals surface area (Å²) in [5.74, 6) is 2.28. The van der Waals surface area contributed by atoms with Crippen LogP contribution >= 0.6 is 0 Å². The van der Waals surface area contributed by atoms with Crippen LogP contribution in [0.3, 0.4) is 0 Å². The highest BCUT2D eigenvalue weighted by molar-refractivity contribution is 5.85. The number of para-hydroxylation sites is 1. The minimum atomic E-state index is 0.0856. The number of nitrogens with two attached hydrogens (primary N) is 1. The lowest BCUT2D eigenvalue weighted by molar-refractivity contribution is 0.195. The normalized spacial score (nSPS) is 14.1. The third-order valence-corrected chi connectivity index (χ3v) is 5.13. The zero-order chi connectivity index (χ0) is 18.6. The van der Waals surface area contributed by atoms with E-state index in [1.54, 1.807) is 0 Å². The third-order valence-electron chi connectivity index (χ3n) is 5.13. The van der Waals surface area contributed by atoms with Crippen LogP contribution in [0.15, 0.2) is 48.5 Å². The molecular formula is C23H26N2O2. The number of benzene rings is 2. The molecule has 0 fully saturated rings. The molecule has 0 amide bonds. The Morgan fingerprint density at radius 1 is 1.07 bits per heavy atom. The fraction of sp³-hybridized carbons (Fsp3) is 0.348. The fourth-order valence-corrected chi connectivity index (χ4v) is 3.70. The Labute approximate surface area is 160 Å². The molecule has 0 bridgehead atoms. The molecule has 2 aromatic carbocycles. The predicted molar refractivity (Wildman–Crippen MR) is 109 cm³/mol. The number of anilines is 1. The van der Waals surface area contributed by atoms with E-state index in [0.717, 1.165) is 35.2 Å². The second-order valence-electron chi connectivity index (χ2n) is 7.27. The monoisotopic (exact) mass is 362 g/mol. The molecule has 1 aromatic heterocycles. The Morgan fingerprint density at radius 3 is 2.89 bits per heavy atom. The topological polar surface area (TPSA) is 57.4 Å². The first kappa shape index (κ1) is 17.7. The smallest absolute Gasteiger partial charge is 0.146 e. The van der Waals surface area contributed by atoms with Crippen LogP contribution in [0.4, 0.5) is 5.82 Å². The van der Waals surface area contributed by atoms with Crippen molar-refractivity contribution < 1.29 is 9.47 Å². The molecule has 4 heteroatoms. The van der Waals surface area contributed by atoms with Gasteiger partial charge < -0.3 is 15.2 Å². The third kappa shape index (κ3) is 4.16. The van der Waals surface area contributed by atoms with Crippen LogP contribution in [0, 0.1) is 0 Å². The lowest BCUT2D eigenvalue weighted by Crippen LogP contribution is -2.13. The first-order chi connectivity index (χ1) is 13.2. The van der Waals surface area contributed by atoms with Gasteiger partial charge in [0.15, 0.2) is 0 Å². The first-order valence-corrected chi connectivity index (χ1v) is 9.75. The molecule has 0 saturated heterocycles. The molecule has 27 heavy (non-hydrogen) atoms. The summed E-state index contributed by atoms with van der Waals surface area (Å²) in [5.41, 5.74) is 9.58. The number of aromatic nitrogens is 1. The van der Waals surface area contributed by atoms with Crippen molar-refractivity contribution in [3.8, 4) is 11.5 Å². The fourth-order valence-electron chi connectivity index (χ4n) is 3.70. The minimum absolute atomic E-state index is 0.0856. The van der Waals surface area contributed by atoms with Crippen molar-refractivity contribution in [2.45, 2.75) is 45.1 Å².